The van der Waals surface area contributed by atoms with Crippen LogP contribution < -0.4 is 10.1 Å². The summed E-state index contributed by atoms with van der Waals surface area (Å²) in [5, 5.41) is 77.6. The van der Waals surface area contributed by atoms with E-state index in [9.17, 15) is 40.2 Å². The monoisotopic (exact) mass is 780 g/mol. The van der Waals surface area contributed by atoms with E-state index in [4.69, 9.17) is 14.2 Å². The van der Waals surface area contributed by atoms with Crippen LogP contribution in [-0.2, 0) is 14.3 Å². The normalized spacial score (nSPS) is 33.3. The summed E-state index contributed by atoms with van der Waals surface area (Å²) in [5.41, 5.74) is -0.290. The summed E-state index contributed by atoms with van der Waals surface area (Å²) in [4.78, 5) is 30.1. The van der Waals surface area contributed by atoms with Gasteiger partial charge in [0.25, 0.3) is 11.7 Å². The number of aromatic hydroxyl groups is 3. The first-order valence-corrected chi connectivity index (χ1v) is 18.9. The minimum absolute atomic E-state index is 0.0688. The maximum atomic E-state index is 14.3. The number of carbonyl (C=O) groups is 2. The Bertz CT molecular complexity index is 1950. The highest BCUT2D eigenvalue weighted by atomic mass is 16.7. The van der Waals surface area contributed by atoms with Crippen LogP contribution in [0, 0.1) is 30.6 Å². The van der Waals surface area contributed by atoms with Crippen LogP contribution >= 0.6 is 0 Å². The highest BCUT2D eigenvalue weighted by Gasteiger charge is 2.50. The number of hydrazone groups is 1. The van der Waals surface area contributed by atoms with Crippen molar-refractivity contribution in [3.63, 3.8) is 0 Å². The summed E-state index contributed by atoms with van der Waals surface area (Å²) in [6, 6.07) is 0. The van der Waals surface area contributed by atoms with Crippen molar-refractivity contribution in [2.24, 2.45) is 28.8 Å². The number of carbonyl (C=O) groups excluding carboxylic acids is 2. The van der Waals surface area contributed by atoms with Gasteiger partial charge in [0.2, 0.25) is 0 Å². The van der Waals surface area contributed by atoms with Crippen molar-refractivity contribution in [2.75, 3.05) is 45.7 Å². The molecule has 0 radical (unpaired) electrons. The number of piperazine rings is 1. The third-order valence-corrected chi connectivity index (χ3v) is 11.6. The van der Waals surface area contributed by atoms with E-state index in [1.54, 1.807) is 44.9 Å². The lowest BCUT2D eigenvalue weighted by molar-refractivity contribution is -0.112. The van der Waals surface area contributed by atoms with Gasteiger partial charge in [-0.2, -0.15) is 5.10 Å². The van der Waals surface area contributed by atoms with E-state index < -0.39 is 82.8 Å². The molecular formula is C41H56N4O11. The van der Waals surface area contributed by atoms with Crippen LogP contribution in [0.15, 0.2) is 41.2 Å². The summed E-state index contributed by atoms with van der Waals surface area (Å²) in [6.07, 6.45) is 4.79. The number of nitrogens with one attached hydrogen (secondary N) is 1. The van der Waals surface area contributed by atoms with Gasteiger partial charge in [-0.05, 0) is 27.0 Å². The lowest BCUT2D eigenvalue weighted by Crippen LogP contribution is -2.44. The van der Waals surface area contributed by atoms with Crippen LogP contribution in [-0.4, -0.2) is 129 Å². The molecule has 56 heavy (non-hydrogen) atoms. The molecule has 4 aliphatic rings. The summed E-state index contributed by atoms with van der Waals surface area (Å²) in [6.45, 7) is 13.8. The van der Waals surface area contributed by atoms with Crippen LogP contribution in [0.4, 0.5) is 5.69 Å². The predicted octanol–water partition coefficient (Wildman–Crippen LogP) is 3.76. The van der Waals surface area contributed by atoms with Gasteiger partial charge >= 0.3 is 5.79 Å². The van der Waals surface area contributed by atoms with Gasteiger partial charge in [0, 0.05) is 80.4 Å². The van der Waals surface area contributed by atoms with E-state index in [0.717, 1.165) is 13.1 Å². The number of allylic oxidation sites excluding steroid dienone is 2. The lowest BCUT2D eigenvalue weighted by Gasteiger charge is -2.36. The third kappa shape index (κ3) is 7.96. The molecule has 0 aliphatic carbocycles. The highest BCUT2D eigenvalue weighted by molar-refractivity contribution is 6.23. The second-order valence-corrected chi connectivity index (χ2v) is 15.5. The predicted molar refractivity (Wildman–Crippen MR) is 211 cm³/mol. The van der Waals surface area contributed by atoms with Crippen molar-refractivity contribution in [3.8, 4) is 23.0 Å². The molecule has 0 spiro atoms. The molecule has 4 aliphatic heterocycles. The number of Topliss-reactive ketones (excluding diaryl/α,β-unsaturated/α-hetero) is 1. The summed E-state index contributed by atoms with van der Waals surface area (Å²) < 4.78 is 17.7. The van der Waals surface area contributed by atoms with Crippen molar-refractivity contribution >= 4 is 34.4 Å². The van der Waals surface area contributed by atoms with Crippen molar-refractivity contribution in [1.82, 2.24) is 9.91 Å². The fraction of sp³-hybridized carbons (Fsp3) is 0.537. The highest BCUT2D eigenvalue weighted by Crippen LogP contribution is 2.55. The Morgan fingerprint density at radius 3 is 2.16 bits per heavy atom. The van der Waals surface area contributed by atoms with E-state index in [0.29, 0.717) is 13.1 Å². The molecule has 6 rings (SSSR count). The number of anilines is 1. The zero-order valence-corrected chi connectivity index (χ0v) is 33.5. The Kier molecular flexibility index (Phi) is 12.8. The molecule has 9 atom stereocenters. The molecule has 15 heteroatoms. The minimum Gasteiger partial charge on any atom is -0.507 e. The van der Waals surface area contributed by atoms with Crippen LogP contribution in [0.2, 0.25) is 0 Å². The molecule has 0 saturated carbocycles. The first kappa shape index (κ1) is 42.5. The number of likely N-dealkylation sites (N-methyl/N-ethyl adjacent to an activating group) is 1. The number of phenolic OH excluding ortho intramolecular Hbond substituents is 3. The van der Waals surface area contributed by atoms with Gasteiger partial charge in [-0.25, -0.2) is 0 Å². The molecule has 1 saturated heterocycles. The topological polar surface area (TPSA) is 214 Å². The average molecular weight is 781 g/mol. The number of rotatable bonds is 3. The van der Waals surface area contributed by atoms with Crippen molar-refractivity contribution in [2.45, 2.75) is 78.7 Å². The smallest absolute Gasteiger partial charge is 0.312 e. The lowest BCUT2D eigenvalue weighted by atomic mass is 9.78. The van der Waals surface area contributed by atoms with E-state index in [2.05, 4.69) is 15.3 Å². The SMILES string of the molecule is CO[C@H]1/C=C/O[C@@]2(C)Oc3c(C)c(O)c4c(O)c(c(/C=N\N5CCN(C)CC5)c(O)c4c3C2=O)NC(=O)/C(C)=C\C=C\[C@H](C)[C@H](O)[C@@H](C)[C@@H](O)[C@H](C)[C@H](O)[C@H]1C. The Morgan fingerprint density at radius 1 is 0.893 bits per heavy atom. The fourth-order valence-electron chi connectivity index (χ4n) is 7.53. The molecule has 5 bridgehead atoms. The molecule has 1 fully saturated rings. The second-order valence-electron chi connectivity index (χ2n) is 15.5. The molecule has 2 aromatic carbocycles. The van der Waals surface area contributed by atoms with Crippen molar-refractivity contribution < 1.29 is 54.4 Å². The van der Waals surface area contributed by atoms with Crippen LogP contribution in [0.5, 0.6) is 23.0 Å². The number of aliphatic hydroxyl groups excluding tert-OH is 3. The van der Waals surface area contributed by atoms with Crippen LogP contribution in [0.25, 0.3) is 10.8 Å². The third-order valence-electron chi connectivity index (χ3n) is 11.6. The number of nitrogens with zero attached hydrogens (tertiary/aromatic N) is 3. The number of aliphatic hydroxyl groups is 3. The van der Waals surface area contributed by atoms with Gasteiger partial charge in [-0.15, -0.1) is 0 Å². The van der Waals surface area contributed by atoms with Gasteiger partial charge < -0.3 is 55.1 Å². The van der Waals surface area contributed by atoms with Gasteiger partial charge in [-0.3, -0.25) is 14.6 Å². The maximum Gasteiger partial charge on any atom is 0.312 e. The second kappa shape index (κ2) is 16.8. The van der Waals surface area contributed by atoms with Crippen LogP contribution in [0.1, 0.15) is 63.0 Å². The molecule has 0 aromatic heterocycles. The van der Waals surface area contributed by atoms with Gasteiger partial charge in [0.15, 0.2) is 5.75 Å². The molecule has 15 nitrogen and oxygen atoms in total. The number of amides is 1. The maximum absolute atomic E-state index is 14.3. The quantitative estimate of drug-likeness (QED) is 0.134. The standard InChI is InChI=1S/C41H56N4O11/c1-20-11-10-12-21(2)40(53)43-31-26(19-42-45-16-14-44(8)15-17-45)36(50)28-29(37(31)51)35(49)25(6)38-30(28)39(52)41(7,56-38)55-18-13-27(54-9)22(3)33(47)24(5)34(48)23(4)32(20)46/h10-13,18-20,22-24,27,32-34,46-51H,14-17H2,1-9H3,(H,43,53)/b11-10+,18-13+,21-12-,42-19-/t20-,22-,23+,24+,27-,32-,33+,34+,41-/m0/s1. The van der Waals surface area contributed by atoms with Crippen molar-refractivity contribution in [3.05, 3.63) is 52.8 Å². The molecule has 0 unspecified atom stereocenters. The first-order valence-electron chi connectivity index (χ1n) is 18.9. The summed E-state index contributed by atoms with van der Waals surface area (Å²) in [5.74, 6) is -7.59. The first-order chi connectivity index (χ1) is 26.3. The van der Waals surface area contributed by atoms with Crippen LogP contribution in [0.3, 0.4) is 0 Å². The molecular weight excluding hydrogens is 724 g/mol. The van der Waals surface area contributed by atoms with Gasteiger partial charge in [0.1, 0.15) is 17.2 Å². The summed E-state index contributed by atoms with van der Waals surface area (Å²) in [7, 11) is 3.43. The Morgan fingerprint density at radius 2 is 1.52 bits per heavy atom. The number of methoxy groups -OCH3 is 1. The molecule has 306 valence electrons. The fourth-order valence-corrected chi connectivity index (χ4v) is 7.53. The van der Waals surface area contributed by atoms with E-state index in [1.807, 2.05) is 7.05 Å². The number of benzene rings is 2. The molecule has 7 N–H and O–H groups in total. The Labute approximate surface area is 327 Å². The zero-order valence-electron chi connectivity index (χ0n) is 33.5. The van der Waals surface area contributed by atoms with E-state index in [-0.39, 0.29) is 44.5 Å². The van der Waals surface area contributed by atoms with E-state index >= 15 is 0 Å². The average Bonchev–Trinajstić information content (AvgIpc) is 3.44. The number of hydrogen-bond acceptors (Lipinski definition) is 14. The van der Waals surface area contributed by atoms with Crippen molar-refractivity contribution in [1.29, 1.82) is 0 Å². The molecule has 2 aromatic rings. The van der Waals surface area contributed by atoms with E-state index in [1.165, 1.54) is 52.5 Å². The number of phenols is 3. The zero-order chi connectivity index (χ0) is 41.4. The minimum atomic E-state index is -2.01. The number of ether oxygens (including phenoxy) is 3. The summed E-state index contributed by atoms with van der Waals surface area (Å²) >= 11 is 0. The number of hydrogen-bond donors (Lipinski definition) is 7. The van der Waals surface area contributed by atoms with Gasteiger partial charge in [0.05, 0.1) is 59.1 Å². The molecule has 4 heterocycles. The Hall–Kier alpha value is -4.67. The number of ketones is 1. The Balaban J connectivity index is 1.70. The van der Waals surface area contributed by atoms with Gasteiger partial charge in [-0.1, -0.05) is 45.9 Å². The molecule has 1 amide bonds. The number of fused-ring (bicyclic) bond motifs is 14. The largest absolute Gasteiger partial charge is 0.507 e.